The van der Waals surface area contributed by atoms with E-state index < -0.39 is 11.7 Å². The van der Waals surface area contributed by atoms with Crippen LogP contribution in [0.1, 0.15) is 53.5 Å². The van der Waals surface area contributed by atoms with E-state index in [1.54, 1.807) is 13.0 Å². The zero-order valence-corrected chi connectivity index (χ0v) is 16.6. The van der Waals surface area contributed by atoms with Gasteiger partial charge in [-0.3, -0.25) is 4.79 Å². The van der Waals surface area contributed by atoms with Crippen molar-refractivity contribution < 1.29 is 27.6 Å². The third kappa shape index (κ3) is 5.06. The van der Waals surface area contributed by atoms with Gasteiger partial charge in [0.25, 0.3) is 0 Å². The van der Waals surface area contributed by atoms with Crippen LogP contribution < -0.4 is 0 Å². The molecule has 0 N–H and O–H groups in total. The van der Waals surface area contributed by atoms with Gasteiger partial charge < -0.3 is 9.68 Å². The molecule has 0 saturated heterocycles. The molecule has 1 saturated carbocycles. The van der Waals surface area contributed by atoms with E-state index in [0.29, 0.717) is 29.0 Å². The molecular weight excluding hydrogens is 397 g/mol. The first kappa shape index (κ1) is 21.5. The highest BCUT2D eigenvalue weighted by atomic mass is 19.4. The second kappa shape index (κ2) is 9.11. The summed E-state index contributed by atoms with van der Waals surface area (Å²) in [5, 5.41) is 7.76. The van der Waals surface area contributed by atoms with Gasteiger partial charge in [-0.15, -0.1) is 0 Å². The van der Waals surface area contributed by atoms with Gasteiger partial charge in [0.05, 0.1) is 11.3 Å². The van der Waals surface area contributed by atoms with Crippen LogP contribution in [0.5, 0.6) is 0 Å². The zero-order chi connectivity index (χ0) is 21.7. The number of hydrogen-bond donors (Lipinski definition) is 0. The van der Waals surface area contributed by atoms with Crippen molar-refractivity contribution in [2.75, 3.05) is 7.11 Å². The van der Waals surface area contributed by atoms with Gasteiger partial charge in [0.2, 0.25) is 0 Å². The molecule has 2 aromatic rings. The minimum Gasteiger partial charge on any atom is -0.399 e. The number of oxime groups is 2. The van der Waals surface area contributed by atoms with Crippen LogP contribution >= 0.6 is 0 Å². The van der Waals surface area contributed by atoms with Gasteiger partial charge in [-0.25, -0.2) is 0 Å². The molecule has 5 nitrogen and oxygen atoms in total. The van der Waals surface area contributed by atoms with Crippen LogP contribution in [-0.4, -0.2) is 24.8 Å². The Morgan fingerprint density at radius 3 is 2.53 bits per heavy atom. The Morgan fingerprint density at radius 1 is 1.17 bits per heavy atom. The number of aldehydes is 1. The van der Waals surface area contributed by atoms with Crippen molar-refractivity contribution in [3.8, 4) is 0 Å². The van der Waals surface area contributed by atoms with E-state index in [0.717, 1.165) is 36.1 Å². The first-order chi connectivity index (χ1) is 14.3. The second-order valence-corrected chi connectivity index (χ2v) is 6.95. The van der Waals surface area contributed by atoms with Gasteiger partial charge in [-0.2, -0.15) is 13.2 Å². The minimum atomic E-state index is -4.43. The van der Waals surface area contributed by atoms with Gasteiger partial charge >= 0.3 is 6.18 Å². The van der Waals surface area contributed by atoms with E-state index in [1.165, 1.54) is 19.2 Å². The fourth-order valence-corrected chi connectivity index (χ4v) is 3.18. The van der Waals surface area contributed by atoms with Crippen LogP contribution in [0.4, 0.5) is 13.2 Å². The molecule has 8 heteroatoms. The molecule has 1 aliphatic carbocycles. The van der Waals surface area contributed by atoms with Crippen molar-refractivity contribution in [1.29, 1.82) is 0 Å². The molecule has 1 aliphatic rings. The van der Waals surface area contributed by atoms with E-state index >= 15 is 0 Å². The number of halogens is 3. The molecule has 0 bridgehead atoms. The van der Waals surface area contributed by atoms with E-state index in [4.69, 9.17) is 9.68 Å². The molecule has 3 rings (SSSR count). The van der Waals surface area contributed by atoms with Crippen LogP contribution in [-0.2, 0) is 27.3 Å². The first-order valence-electron chi connectivity index (χ1n) is 9.37. The van der Waals surface area contributed by atoms with Crippen molar-refractivity contribution in [3.05, 3.63) is 70.3 Å². The zero-order valence-electron chi connectivity index (χ0n) is 16.6. The maximum absolute atomic E-state index is 12.9. The molecule has 30 heavy (non-hydrogen) atoms. The highest BCUT2D eigenvalue weighted by molar-refractivity contribution is 6.36. The molecule has 0 unspecified atom stereocenters. The average molecular weight is 418 g/mol. The average Bonchev–Trinajstić information content (AvgIpc) is 3.57. The molecule has 2 aromatic carbocycles. The lowest BCUT2D eigenvalue weighted by Crippen LogP contribution is -2.10. The number of hydrogen-bond acceptors (Lipinski definition) is 5. The maximum atomic E-state index is 12.9. The van der Waals surface area contributed by atoms with Crippen LogP contribution in [0, 0.1) is 0 Å². The highest BCUT2D eigenvalue weighted by Gasteiger charge is 2.30. The van der Waals surface area contributed by atoms with E-state index in [2.05, 4.69) is 10.3 Å². The summed E-state index contributed by atoms with van der Waals surface area (Å²) in [7, 11) is 1.35. The van der Waals surface area contributed by atoms with Crippen LogP contribution in [0.3, 0.4) is 0 Å². The Morgan fingerprint density at radius 2 is 1.90 bits per heavy atom. The predicted octanol–water partition coefficient (Wildman–Crippen LogP) is 5.07. The topological polar surface area (TPSA) is 60.2 Å². The second-order valence-electron chi connectivity index (χ2n) is 6.95. The Labute approximate surface area is 172 Å². The molecule has 1 fully saturated rings. The van der Waals surface area contributed by atoms with Gasteiger partial charge in [-0.05, 0) is 48.9 Å². The monoisotopic (exact) mass is 418 g/mol. The van der Waals surface area contributed by atoms with Gasteiger partial charge in [-0.1, -0.05) is 40.6 Å². The van der Waals surface area contributed by atoms with Crippen molar-refractivity contribution in [3.63, 3.8) is 0 Å². The SMILES string of the molecule is CO/N=C(/C=O)c1cccc(C2CC2)c1CO/N=C(\C)c1cccc(C(F)(F)F)c1. The summed E-state index contributed by atoms with van der Waals surface area (Å²) in [6, 6.07) is 10.5. The standard InChI is InChI=1S/C22H21F3N2O3/c1-14(16-5-3-6-17(11-16)22(23,24)25)26-30-13-20-18(15-9-10-15)7-4-8-19(20)21(12-28)27-29-2/h3-8,11-12,15H,9-10,13H2,1-2H3/b26-14+,27-21-. The number of alkyl halides is 3. The predicted molar refractivity (Wildman–Crippen MR) is 106 cm³/mol. The summed E-state index contributed by atoms with van der Waals surface area (Å²) < 4.78 is 38.8. The van der Waals surface area contributed by atoms with Crippen LogP contribution in [0.15, 0.2) is 52.8 Å². The van der Waals surface area contributed by atoms with Crippen molar-refractivity contribution in [2.24, 2.45) is 10.3 Å². The number of carbonyl (C=O) groups is 1. The van der Waals surface area contributed by atoms with Crippen molar-refractivity contribution in [2.45, 2.75) is 38.5 Å². The molecule has 158 valence electrons. The summed E-state index contributed by atoms with van der Waals surface area (Å²) in [6.07, 6.45) is -1.74. The molecule has 0 aliphatic heterocycles. The maximum Gasteiger partial charge on any atom is 0.416 e. The van der Waals surface area contributed by atoms with Gasteiger partial charge in [0, 0.05) is 11.1 Å². The van der Waals surface area contributed by atoms with Gasteiger partial charge in [0.1, 0.15) is 19.4 Å². The smallest absolute Gasteiger partial charge is 0.399 e. The third-order valence-corrected chi connectivity index (χ3v) is 4.82. The van der Waals surface area contributed by atoms with Crippen molar-refractivity contribution in [1.82, 2.24) is 0 Å². The van der Waals surface area contributed by atoms with E-state index in [1.807, 2.05) is 12.1 Å². The summed E-state index contributed by atoms with van der Waals surface area (Å²) in [5.41, 5.74) is 2.42. The first-order valence-corrected chi connectivity index (χ1v) is 9.37. The normalized spacial score (nSPS) is 15.1. The van der Waals surface area contributed by atoms with Gasteiger partial charge in [0.15, 0.2) is 6.29 Å². The number of benzene rings is 2. The third-order valence-electron chi connectivity index (χ3n) is 4.82. The van der Waals surface area contributed by atoms with Crippen molar-refractivity contribution >= 4 is 17.7 Å². The molecule has 0 amide bonds. The molecule has 0 heterocycles. The molecule has 0 spiro atoms. The number of carbonyl (C=O) groups excluding carboxylic acids is 1. The highest BCUT2D eigenvalue weighted by Crippen LogP contribution is 2.42. The summed E-state index contributed by atoms with van der Waals surface area (Å²) in [5.74, 6) is 0.382. The minimum absolute atomic E-state index is 0.0505. The van der Waals surface area contributed by atoms with E-state index in [-0.39, 0.29) is 12.3 Å². The summed E-state index contributed by atoms with van der Waals surface area (Å²) in [4.78, 5) is 21.7. The quantitative estimate of drug-likeness (QED) is 0.342. The molecule has 0 radical (unpaired) electrons. The Balaban J connectivity index is 1.85. The van der Waals surface area contributed by atoms with E-state index in [9.17, 15) is 18.0 Å². The fraction of sp³-hybridized carbons (Fsp3) is 0.318. The Hall–Kier alpha value is -3.16. The number of rotatable bonds is 8. The number of nitrogens with zero attached hydrogens (tertiary/aromatic N) is 2. The lowest BCUT2D eigenvalue weighted by atomic mass is 9.96. The Kier molecular flexibility index (Phi) is 6.54. The van der Waals surface area contributed by atoms with Crippen LogP contribution in [0.2, 0.25) is 0 Å². The lowest BCUT2D eigenvalue weighted by Gasteiger charge is -2.13. The summed E-state index contributed by atoms with van der Waals surface area (Å²) >= 11 is 0. The largest absolute Gasteiger partial charge is 0.416 e. The molecule has 0 aromatic heterocycles. The fourth-order valence-electron chi connectivity index (χ4n) is 3.18. The van der Waals surface area contributed by atoms with Crippen LogP contribution in [0.25, 0.3) is 0 Å². The lowest BCUT2D eigenvalue weighted by molar-refractivity contribution is -0.137. The molecular formula is C22H21F3N2O3. The summed E-state index contributed by atoms with van der Waals surface area (Å²) in [6.45, 7) is 1.63. The Bertz CT molecular complexity index is 980. The molecule has 0 atom stereocenters.